The van der Waals surface area contributed by atoms with Crippen LogP contribution in [0.1, 0.15) is 19.4 Å². The van der Waals surface area contributed by atoms with Crippen LogP contribution in [0.5, 0.6) is 5.75 Å². The lowest BCUT2D eigenvalue weighted by Crippen LogP contribution is -2.46. The average molecular weight is 277 g/mol. The third-order valence-corrected chi connectivity index (χ3v) is 3.18. The van der Waals surface area contributed by atoms with E-state index in [0.29, 0.717) is 13.0 Å². The number of amides is 1. The molecular formula is C14H19N3O3. The number of nitrogens with zero attached hydrogens (tertiary/aromatic N) is 2. The third kappa shape index (κ3) is 3.01. The first-order chi connectivity index (χ1) is 9.65. The number of hydrazine groups is 1. The van der Waals surface area contributed by atoms with Gasteiger partial charge >= 0.3 is 6.09 Å². The fourth-order valence-corrected chi connectivity index (χ4v) is 2.05. The second-order valence-corrected chi connectivity index (χ2v) is 4.49. The molecule has 1 aliphatic heterocycles. The van der Waals surface area contributed by atoms with E-state index in [1.165, 1.54) is 5.01 Å². The highest BCUT2D eigenvalue weighted by Gasteiger charge is 2.31. The number of nitrogens with one attached hydrogen (secondary N) is 1. The number of carbonyl (C=O) groups excluding carboxylic acids is 1. The molecule has 1 aromatic rings. The zero-order chi connectivity index (χ0) is 14.5. The lowest BCUT2D eigenvalue weighted by molar-refractivity contribution is 0.0851. The molecule has 2 rings (SSSR count). The van der Waals surface area contributed by atoms with E-state index in [1.54, 1.807) is 14.0 Å². The number of benzene rings is 1. The van der Waals surface area contributed by atoms with Crippen LogP contribution in [0.3, 0.4) is 0 Å². The smallest absolute Gasteiger partial charge is 0.430 e. The monoisotopic (exact) mass is 277 g/mol. The van der Waals surface area contributed by atoms with Crippen molar-refractivity contribution in [1.29, 1.82) is 0 Å². The van der Waals surface area contributed by atoms with Crippen molar-refractivity contribution in [3.8, 4) is 5.75 Å². The molecule has 0 fully saturated rings. The molecule has 1 N–H and O–H groups in total. The van der Waals surface area contributed by atoms with Crippen molar-refractivity contribution < 1.29 is 14.3 Å². The van der Waals surface area contributed by atoms with Crippen LogP contribution in [0, 0.1) is 0 Å². The number of hydrogen-bond donors (Lipinski definition) is 1. The molecule has 1 amide bonds. The molecule has 0 bridgehead atoms. The Morgan fingerprint density at radius 2 is 2.10 bits per heavy atom. The van der Waals surface area contributed by atoms with Gasteiger partial charge in [-0.2, -0.15) is 10.1 Å². The number of rotatable bonds is 4. The largest absolute Gasteiger partial charge is 0.497 e. The maximum atomic E-state index is 11.8. The summed E-state index contributed by atoms with van der Waals surface area (Å²) in [6, 6.07) is 7.63. The predicted octanol–water partition coefficient (Wildman–Crippen LogP) is 1.96. The summed E-state index contributed by atoms with van der Waals surface area (Å²) in [6.07, 6.45) is 0.261. The molecule has 0 saturated heterocycles. The molecule has 1 unspecified atom stereocenters. The van der Waals surface area contributed by atoms with Crippen molar-refractivity contribution >= 4 is 11.8 Å². The van der Waals surface area contributed by atoms with E-state index in [1.807, 2.05) is 31.2 Å². The molecule has 0 radical (unpaired) electrons. The molecule has 1 aliphatic rings. The molecule has 1 aromatic carbocycles. The van der Waals surface area contributed by atoms with Crippen LogP contribution in [-0.2, 0) is 11.2 Å². The summed E-state index contributed by atoms with van der Waals surface area (Å²) in [6.45, 7) is 4.01. The van der Waals surface area contributed by atoms with Gasteiger partial charge in [0.25, 0.3) is 0 Å². The van der Waals surface area contributed by atoms with Gasteiger partial charge in [-0.3, -0.25) is 0 Å². The lowest BCUT2D eigenvalue weighted by atomic mass is 10.0. The summed E-state index contributed by atoms with van der Waals surface area (Å²) in [7, 11) is 1.63. The summed E-state index contributed by atoms with van der Waals surface area (Å²) in [5.41, 5.74) is 4.66. The van der Waals surface area contributed by atoms with Gasteiger partial charge in [-0.1, -0.05) is 12.1 Å². The van der Waals surface area contributed by atoms with Crippen LogP contribution < -0.4 is 10.3 Å². The van der Waals surface area contributed by atoms with Crippen LogP contribution in [0.15, 0.2) is 29.4 Å². The number of carbonyl (C=O) groups is 1. The van der Waals surface area contributed by atoms with E-state index < -0.39 is 6.09 Å². The van der Waals surface area contributed by atoms with Crippen LogP contribution in [0.4, 0.5) is 4.79 Å². The molecule has 1 atom stereocenters. The molecule has 0 aromatic heterocycles. The van der Waals surface area contributed by atoms with Gasteiger partial charge in [-0.15, -0.1) is 0 Å². The van der Waals surface area contributed by atoms with E-state index in [0.717, 1.165) is 17.0 Å². The van der Waals surface area contributed by atoms with Gasteiger partial charge in [0.2, 0.25) is 0 Å². The highest BCUT2D eigenvalue weighted by atomic mass is 16.6. The first-order valence-electron chi connectivity index (χ1n) is 6.54. The standard InChI is InChI=1S/C14H19N3O3/c1-4-20-14(18)17-13(10(2)15-16-17)9-11-5-7-12(19-3)8-6-11/h5-8,13,16H,4,9H2,1-3H3. The number of ether oxygens (including phenoxy) is 2. The van der Waals surface area contributed by atoms with Gasteiger partial charge < -0.3 is 9.47 Å². The molecule has 0 aliphatic carbocycles. The van der Waals surface area contributed by atoms with Crippen molar-refractivity contribution in [2.75, 3.05) is 13.7 Å². The Hall–Kier alpha value is -2.24. The molecule has 20 heavy (non-hydrogen) atoms. The van der Waals surface area contributed by atoms with Crippen LogP contribution in [0.25, 0.3) is 0 Å². The summed E-state index contributed by atoms with van der Waals surface area (Å²) >= 11 is 0. The van der Waals surface area contributed by atoms with Gasteiger partial charge in [-0.05, 0) is 31.5 Å². The van der Waals surface area contributed by atoms with Crippen LogP contribution >= 0.6 is 0 Å². The van der Waals surface area contributed by atoms with Gasteiger partial charge in [-0.25, -0.2) is 10.3 Å². The zero-order valence-corrected chi connectivity index (χ0v) is 11.9. The third-order valence-electron chi connectivity index (χ3n) is 3.18. The molecule has 6 nitrogen and oxygen atoms in total. The minimum atomic E-state index is -0.411. The normalized spacial score (nSPS) is 17.4. The molecule has 0 spiro atoms. The van der Waals surface area contributed by atoms with Crippen LogP contribution in [0.2, 0.25) is 0 Å². The fraction of sp³-hybridized carbons (Fsp3) is 0.429. The Balaban J connectivity index is 2.08. The second-order valence-electron chi connectivity index (χ2n) is 4.49. The number of methoxy groups -OCH3 is 1. The van der Waals surface area contributed by atoms with E-state index in [2.05, 4.69) is 10.6 Å². The zero-order valence-electron chi connectivity index (χ0n) is 11.9. The average Bonchev–Trinajstić information content (AvgIpc) is 2.81. The molecule has 0 saturated carbocycles. The minimum absolute atomic E-state index is 0.137. The van der Waals surface area contributed by atoms with Crippen molar-refractivity contribution in [1.82, 2.24) is 10.5 Å². The molecule has 1 heterocycles. The van der Waals surface area contributed by atoms with Gasteiger partial charge in [0, 0.05) is 6.42 Å². The maximum absolute atomic E-state index is 11.8. The van der Waals surface area contributed by atoms with Crippen molar-refractivity contribution in [2.24, 2.45) is 5.10 Å². The van der Waals surface area contributed by atoms with Crippen molar-refractivity contribution in [2.45, 2.75) is 26.3 Å². The molecule has 6 heteroatoms. The first-order valence-corrected chi connectivity index (χ1v) is 6.54. The minimum Gasteiger partial charge on any atom is -0.497 e. The maximum Gasteiger partial charge on any atom is 0.430 e. The van der Waals surface area contributed by atoms with Gasteiger partial charge in [0.05, 0.1) is 19.4 Å². The molecule has 108 valence electrons. The first kappa shape index (κ1) is 14.2. The summed E-state index contributed by atoms with van der Waals surface area (Å²) in [5, 5.41) is 5.52. The summed E-state index contributed by atoms with van der Waals surface area (Å²) in [4.78, 5) is 11.8. The SMILES string of the molecule is CCOC(=O)N1NN=C(C)C1Cc1ccc(OC)cc1. The van der Waals surface area contributed by atoms with E-state index >= 15 is 0 Å². The Morgan fingerprint density at radius 3 is 2.70 bits per heavy atom. The Bertz CT molecular complexity index is 499. The highest BCUT2D eigenvalue weighted by molar-refractivity contribution is 5.91. The van der Waals surface area contributed by atoms with Crippen molar-refractivity contribution in [3.63, 3.8) is 0 Å². The van der Waals surface area contributed by atoms with E-state index in [4.69, 9.17) is 9.47 Å². The summed E-state index contributed by atoms with van der Waals surface area (Å²) < 4.78 is 10.1. The fourth-order valence-electron chi connectivity index (χ4n) is 2.05. The topological polar surface area (TPSA) is 63.2 Å². The van der Waals surface area contributed by atoms with Gasteiger partial charge in [0.1, 0.15) is 11.8 Å². The highest BCUT2D eigenvalue weighted by Crippen LogP contribution is 2.17. The number of hydrogen-bond acceptors (Lipinski definition) is 5. The Kier molecular flexibility index (Phi) is 4.45. The predicted molar refractivity (Wildman–Crippen MR) is 75.6 cm³/mol. The molecular weight excluding hydrogens is 258 g/mol. The van der Waals surface area contributed by atoms with E-state index in [-0.39, 0.29) is 6.04 Å². The Morgan fingerprint density at radius 1 is 1.40 bits per heavy atom. The van der Waals surface area contributed by atoms with Crippen LogP contribution in [-0.4, -0.2) is 36.6 Å². The summed E-state index contributed by atoms with van der Waals surface area (Å²) in [5.74, 6) is 0.811. The number of hydrazone groups is 1. The second kappa shape index (κ2) is 6.27. The van der Waals surface area contributed by atoms with Gasteiger partial charge in [0.15, 0.2) is 0 Å². The van der Waals surface area contributed by atoms with E-state index in [9.17, 15) is 4.79 Å². The Labute approximate surface area is 118 Å². The van der Waals surface area contributed by atoms with Crippen molar-refractivity contribution in [3.05, 3.63) is 29.8 Å². The lowest BCUT2D eigenvalue weighted by Gasteiger charge is -2.23. The quantitative estimate of drug-likeness (QED) is 0.913.